The molecule has 0 aromatic heterocycles. The Morgan fingerprint density at radius 2 is 1.86 bits per heavy atom. The molecule has 190 valence electrons. The summed E-state index contributed by atoms with van der Waals surface area (Å²) in [6.45, 7) is 2.77. The lowest BCUT2D eigenvalue weighted by Crippen LogP contribution is -2.41. The first kappa shape index (κ1) is 23.8. The number of fused-ring (bicyclic) bond motifs is 2. The number of amides is 1. The van der Waals surface area contributed by atoms with Gasteiger partial charge in [0.1, 0.15) is 0 Å². The van der Waals surface area contributed by atoms with Crippen LogP contribution in [-0.2, 0) is 11.3 Å². The molecule has 1 aliphatic carbocycles. The zero-order chi connectivity index (χ0) is 24.6. The molecule has 1 aromatic rings. The molecule has 0 radical (unpaired) electrons. The van der Waals surface area contributed by atoms with E-state index in [1.54, 1.807) is 6.33 Å². The highest BCUT2D eigenvalue weighted by Gasteiger charge is 2.30. The molecule has 0 bridgehead atoms. The van der Waals surface area contributed by atoms with Crippen LogP contribution in [0.2, 0.25) is 0 Å². The van der Waals surface area contributed by atoms with E-state index in [0.717, 1.165) is 72.7 Å². The van der Waals surface area contributed by atoms with Gasteiger partial charge in [-0.05, 0) is 77.8 Å². The molecule has 6 rings (SSSR count). The van der Waals surface area contributed by atoms with Gasteiger partial charge in [-0.1, -0.05) is 12.8 Å². The third-order valence-corrected chi connectivity index (χ3v) is 9.35. The van der Waals surface area contributed by atoms with Crippen molar-refractivity contribution in [2.75, 3.05) is 25.6 Å². The minimum absolute atomic E-state index is 0.227. The molecule has 5 aliphatic rings. The summed E-state index contributed by atoms with van der Waals surface area (Å²) < 4.78 is 13.9. The molecule has 11 heteroatoms. The second-order valence-electron chi connectivity index (χ2n) is 9.78. The molecule has 9 nitrogen and oxygen atoms in total. The lowest BCUT2D eigenvalue weighted by atomic mass is 9.92. The molecule has 1 aromatic carbocycles. The number of nitrogens with zero attached hydrogens (tertiary/aromatic N) is 5. The first-order chi connectivity index (χ1) is 17.5. The van der Waals surface area contributed by atoms with Gasteiger partial charge in [0, 0.05) is 34.9 Å². The fraction of sp³-hybridized carbons (Fsp3) is 0.520. The number of nitrogens with two attached hydrogens (primary N) is 1. The van der Waals surface area contributed by atoms with Gasteiger partial charge in [0.25, 0.3) is 0 Å². The maximum absolute atomic E-state index is 12.7. The average Bonchev–Trinajstić information content (AvgIpc) is 3.65. The highest BCUT2D eigenvalue weighted by Crippen LogP contribution is 2.43. The predicted molar refractivity (Wildman–Crippen MR) is 139 cm³/mol. The molecule has 1 saturated heterocycles. The summed E-state index contributed by atoms with van der Waals surface area (Å²) in [6, 6.07) is 3.83. The topological polar surface area (TPSA) is 108 Å². The summed E-state index contributed by atoms with van der Waals surface area (Å²) in [7, 11) is 0. The number of hydrogen-bond donors (Lipinski definition) is 1. The Balaban J connectivity index is 1.11. The first-order valence-corrected chi connectivity index (χ1v) is 14.2. The number of aryl methyl sites for hydroxylation is 1. The van der Waals surface area contributed by atoms with Crippen LogP contribution in [-0.4, -0.2) is 50.2 Å². The van der Waals surface area contributed by atoms with E-state index in [-0.39, 0.29) is 12.7 Å². The molecule has 36 heavy (non-hydrogen) atoms. The monoisotopic (exact) mass is 572 g/mol. The third kappa shape index (κ3) is 4.74. The van der Waals surface area contributed by atoms with Crippen LogP contribution in [0.1, 0.15) is 44.9 Å². The Hall–Kier alpha value is -2.53. The van der Waals surface area contributed by atoms with Gasteiger partial charge in [0.2, 0.25) is 12.7 Å². The molecule has 1 saturated carbocycles. The molecular weight excluding hydrogens is 544 g/mol. The Labute approximate surface area is 222 Å². The number of piperidine rings is 1. The van der Waals surface area contributed by atoms with E-state index in [0.29, 0.717) is 34.2 Å². The van der Waals surface area contributed by atoms with Crippen LogP contribution >= 0.6 is 27.7 Å². The minimum atomic E-state index is 0.227. The summed E-state index contributed by atoms with van der Waals surface area (Å²) in [5.74, 6) is 3.80. The predicted octanol–water partition coefficient (Wildman–Crippen LogP) is 4.82. The fourth-order valence-electron chi connectivity index (χ4n) is 5.41. The summed E-state index contributed by atoms with van der Waals surface area (Å²) in [5.41, 5.74) is 6.77. The number of imidazole rings is 1. The second-order valence-corrected chi connectivity index (χ2v) is 11.6. The van der Waals surface area contributed by atoms with Gasteiger partial charge in [0.05, 0.1) is 6.33 Å². The second kappa shape index (κ2) is 10.1. The molecule has 0 unspecified atom stereocenters. The minimum Gasteiger partial charge on any atom is -0.454 e. The van der Waals surface area contributed by atoms with E-state index in [4.69, 9.17) is 20.2 Å². The molecule has 0 spiro atoms. The molecule has 2 fully saturated rings. The van der Waals surface area contributed by atoms with Crippen molar-refractivity contribution in [1.82, 2.24) is 24.4 Å². The van der Waals surface area contributed by atoms with Gasteiger partial charge in [-0.3, -0.25) is 4.79 Å². The molecule has 1 amide bonds. The third-order valence-electron chi connectivity index (χ3n) is 7.51. The fourth-order valence-corrected chi connectivity index (χ4v) is 6.77. The van der Waals surface area contributed by atoms with E-state index in [1.807, 2.05) is 16.7 Å². The summed E-state index contributed by atoms with van der Waals surface area (Å²) in [4.78, 5) is 29.6. The van der Waals surface area contributed by atoms with Crippen molar-refractivity contribution in [3.05, 3.63) is 22.9 Å². The zero-order valence-corrected chi connectivity index (χ0v) is 22.4. The maximum atomic E-state index is 12.7. The van der Waals surface area contributed by atoms with Crippen LogP contribution in [0.15, 0.2) is 33.0 Å². The van der Waals surface area contributed by atoms with E-state index in [2.05, 4.69) is 30.8 Å². The van der Waals surface area contributed by atoms with Gasteiger partial charge in [-0.2, -0.15) is 0 Å². The van der Waals surface area contributed by atoms with E-state index in [1.165, 1.54) is 24.6 Å². The molecule has 2 N–H and O–H groups in total. The van der Waals surface area contributed by atoms with Crippen molar-refractivity contribution in [3.63, 3.8) is 0 Å². The number of anilines is 1. The van der Waals surface area contributed by atoms with Crippen molar-refractivity contribution in [3.8, 4) is 23.0 Å². The summed E-state index contributed by atoms with van der Waals surface area (Å²) >= 11 is 5.05. The quantitative estimate of drug-likeness (QED) is 0.447. The number of hydrogen-bond acceptors (Lipinski definition) is 8. The SMILES string of the molecule is Nc1ncn(CCC2CCN(C(=O)C3CCCC3)CC2)c2nc(Sc3cc4c(cc3Br)OCO4)nc1-2. The highest BCUT2D eigenvalue weighted by atomic mass is 79.9. The molecule has 4 aliphatic heterocycles. The largest absolute Gasteiger partial charge is 0.454 e. The van der Waals surface area contributed by atoms with E-state index >= 15 is 0 Å². The van der Waals surface area contributed by atoms with E-state index < -0.39 is 0 Å². The smallest absolute Gasteiger partial charge is 0.231 e. The van der Waals surface area contributed by atoms with Gasteiger partial charge in [0.15, 0.2) is 34.0 Å². The van der Waals surface area contributed by atoms with Crippen molar-refractivity contribution in [2.24, 2.45) is 11.8 Å². The van der Waals surface area contributed by atoms with Gasteiger partial charge >= 0.3 is 0 Å². The van der Waals surface area contributed by atoms with Crippen LogP contribution in [0.3, 0.4) is 0 Å². The van der Waals surface area contributed by atoms with Gasteiger partial charge < -0.3 is 24.7 Å². The van der Waals surface area contributed by atoms with Gasteiger partial charge in [-0.15, -0.1) is 0 Å². The number of halogens is 1. The van der Waals surface area contributed by atoms with Crippen LogP contribution in [0.25, 0.3) is 11.5 Å². The zero-order valence-electron chi connectivity index (χ0n) is 20.0. The standard InChI is InChI=1S/C25H29BrN6O3S/c26-17-11-18-19(35-14-34-18)12-20(17)36-25-29-21-22(27)28-13-32(23(21)30-25)10-7-15-5-8-31(9-6-15)24(33)16-3-1-2-4-16/h11-13,15-16H,1-10,14,27H2. The van der Waals surface area contributed by atoms with Crippen molar-refractivity contribution < 1.29 is 14.3 Å². The first-order valence-electron chi connectivity index (χ1n) is 12.6. The van der Waals surface area contributed by atoms with Gasteiger partial charge in [-0.25, -0.2) is 15.0 Å². The number of aromatic nitrogens is 4. The lowest BCUT2D eigenvalue weighted by Gasteiger charge is -2.33. The average molecular weight is 574 g/mol. The molecule has 4 heterocycles. The Kier molecular flexibility index (Phi) is 6.68. The lowest BCUT2D eigenvalue weighted by molar-refractivity contribution is -0.136. The number of nitrogen functional groups attached to an aromatic ring is 1. The van der Waals surface area contributed by atoms with Crippen LogP contribution in [0, 0.1) is 11.8 Å². The molecular formula is C25H29BrN6O3S. The van der Waals surface area contributed by atoms with Crippen LogP contribution in [0.5, 0.6) is 11.5 Å². The Morgan fingerprint density at radius 1 is 1.11 bits per heavy atom. The summed E-state index contributed by atoms with van der Waals surface area (Å²) in [5, 5.41) is 0.608. The Bertz CT molecular complexity index is 1240. The van der Waals surface area contributed by atoms with Crippen molar-refractivity contribution >= 4 is 39.4 Å². The summed E-state index contributed by atoms with van der Waals surface area (Å²) in [6.07, 6.45) is 9.42. The van der Waals surface area contributed by atoms with Crippen molar-refractivity contribution in [2.45, 2.75) is 61.5 Å². The number of carbonyl (C=O) groups is 1. The number of carbonyl (C=O) groups excluding carboxylic acids is 1. The number of ether oxygens (including phenoxy) is 2. The highest BCUT2D eigenvalue weighted by molar-refractivity contribution is 9.10. The number of rotatable bonds is 6. The normalized spacial score (nSPS) is 18.4. The van der Waals surface area contributed by atoms with E-state index in [9.17, 15) is 4.79 Å². The maximum Gasteiger partial charge on any atom is 0.231 e. The van der Waals surface area contributed by atoms with Crippen molar-refractivity contribution in [1.29, 1.82) is 0 Å². The van der Waals surface area contributed by atoms with Crippen LogP contribution < -0.4 is 15.2 Å². The number of likely N-dealkylation sites (tertiary alicyclic amines) is 1. The van der Waals surface area contributed by atoms with Crippen LogP contribution in [0.4, 0.5) is 5.82 Å². The number of benzene rings is 1. The Morgan fingerprint density at radius 3 is 2.64 bits per heavy atom. The molecule has 0 atom stereocenters.